The average Bonchev–Trinajstić information content (AvgIpc) is 3.17. The molecule has 0 aliphatic rings. The van der Waals surface area contributed by atoms with Gasteiger partial charge in [0.05, 0.1) is 35.1 Å². The molecule has 0 aromatic heterocycles. The van der Waals surface area contributed by atoms with Crippen LogP contribution in [-0.2, 0) is 74.2 Å². The molecule has 362 valence electrons. The number of carboxylic acids is 2. The number of carboxylic acid groups (broad SMARTS) is 2. The number of phenols is 1. The van der Waals surface area contributed by atoms with E-state index >= 15 is 0 Å². The van der Waals surface area contributed by atoms with E-state index in [9.17, 15) is 43.3 Å². The molecule has 0 spiro atoms. The molecule has 0 radical (unpaired) electrons. The number of carbonyl (C=O) groups is 2. The van der Waals surface area contributed by atoms with Gasteiger partial charge in [-0.1, -0.05) is 50.4 Å². The molecule has 0 bridgehead atoms. The fourth-order valence-corrected chi connectivity index (χ4v) is 4.35. The van der Waals surface area contributed by atoms with Gasteiger partial charge in [0.25, 0.3) is 0 Å². The summed E-state index contributed by atoms with van der Waals surface area (Å²) < 4.78 is 91.6. The third kappa shape index (κ3) is 73.9. The molecule has 18 nitrogen and oxygen atoms in total. The summed E-state index contributed by atoms with van der Waals surface area (Å²) in [7, 11) is -6.22. The molecule has 25 heteroatoms. The third-order valence-corrected chi connectivity index (χ3v) is 9.21. The molecule has 0 aliphatic heterocycles. The van der Waals surface area contributed by atoms with Gasteiger partial charge in [-0.05, 0) is 84.7 Å². The Morgan fingerprint density at radius 2 is 0.984 bits per heavy atom. The van der Waals surface area contributed by atoms with Crippen molar-refractivity contribution in [2.75, 3.05) is 37.2 Å². The molecule has 7 N–H and O–H groups in total. The van der Waals surface area contributed by atoms with E-state index in [2.05, 4.69) is 50.3 Å². The Morgan fingerprint density at radius 3 is 1.17 bits per heavy atom. The first-order valence-corrected chi connectivity index (χ1v) is 23.4. The Balaban J connectivity index is -0.0000000672. The van der Waals surface area contributed by atoms with E-state index in [4.69, 9.17) is 30.3 Å². The fourth-order valence-electron chi connectivity index (χ4n) is 2.39. The Morgan fingerprint density at radius 1 is 0.746 bits per heavy atom. The van der Waals surface area contributed by atoms with Crippen LogP contribution in [0, 0.1) is 14.5 Å². The van der Waals surface area contributed by atoms with E-state index in [-0.39, 0.29) is 106 Å². The van der Waals surface area contributed by atoms with Gasteiger partial charge in [0.2, 0.25) is 0 Å². The number of sulfone groups is 3. The van der Waals surface area contributed by atoms with Gasteiger partial charge < -0.3 is 56.4 Å². The average molecular weight is 1180 g/mol. The summed E-state index contributed by atoms with van der Waals surface area (Å²) in [6.45, 7) is 23.0. The molecule has 2 aromatic rings. The molecular formula is C38H65MgNO17PS4W-. The largest absolute Gasteiger partial charge is 2.00 e. The third-order valence-electron chi connectivity index (χ3n) is 4.73. The zero-order valence-electron chi connectivity index (χ0n) is 36.4. The second kappa shape index (κ2) is 57.2. The van der Waals surface area contributed by atoms with Crippen molar-refractivity contribution < 1.29 is 99.1 Å². The van der Waals surface area contributed by atoms with Crippen molar-refractivity contribution in [1.82, 2.24) is 0 Å². The summed E-state index contributed by atoms with van der Waals surface area (Å²) in [5, 5.41) is 44.4. The van der Waals surface area contributed by atoms with E-state index in [0.717, 1.165) is 21.6 Å². The molecular weight excluding hydrogens is 1110 g/mol. The SMILES string of the molecule is C=CC.C=CS(=O)(=O)CCC.C=CS(=O)(=O)CCC.C=CS(=O)(=O)CCOc1ccc(C(=O)O)cc1.C=C[S-](=O)=O.CCO.NCO.O=C(O)c1ccc(O)cc1.[CH2-]OP.[CH3-].[Mg+2].[W]. The number of benzene rings is 2. The summed E-state index contributed by atoms with van der Waals surface area (Å²) >= 11 is 0. The second-order valence-electron chi connectivity index (χ2n) is 9.63. The first-order valence-electron chi connectivity index (χ1n) is 16.7. The molecule has 0 heterocycles. The fraction of sp³-hybridized carbons (Fsp3) is 0.316. The summed E-state index contributed by atoms with van der Waals surface area (Å²) in [5.41, 5.74) is 4.73. The van der Waals surface area contributed by atoms with E-state index in [1.54, 1.807) is 13.0 Å². The molecule has 0 saturated heterocycles. The quantitative estimate of drug-likeness (QED) is 0.0340. The number of aromatic hydroxyl groups is 1. The zero-order chi connectivity index (χ0) is 48.8. The van der Waals surface area contributed by atoms with E-state index < -0.39 is 52.2 Å². The monoisotopic (exact) mass is 1170 g/mol. The molecule has 1 atom stereocenters. The molecule has 0 saturated carbocycles. The van der Waals surface area contributed by atoms with Gasteiger partial charge >= 0.3 is 35.0 Å². The number of hydrogen-bond acceptors (Lipinski definition) is 17. The number of aliphatic hydroxyl groups excluding tert-OH is 2. The smallest absolute Gasteiger partial charge is 0.539 e. The van der Waals surface area contributed by atoms with Crippen LogP contribution in [0.25, 0.3) is 0 Å². The van der Waals surface area contributed by atoms with Gasteiger partial charge in [0, 0.05) is 43.9 Å². The van der Waals surface area contributed by atoms with Crippen LogP contribution >= 0.6 is 9.47 Å². The normalized spacial score (nSPS) is 8.92. The molecule has 2 aromatic carbocycles. The van der Waals surface area contributed by atoms with Gasteiger partial charge in [-0.3, -0.25) is 0 Å². The van der Waals surface area contributed by atoms with Gasteiger partial charge in [0.15, 0.2) is 29.5 Å². The van der Waals surface area contributed by atoms with Crippen LogP contribution in [0.2, 0.25) is 0 Å². The summed E-state index contributed by atoms with van der Waals surface area (Å²) in [5.74, 6) is -1.23. The zero-order valence-corrected chi connectivity index (χ0v) is 45.2. The predicted octanol–water partition coefficient (Wildman–Crippen LogP) is 5.50. The molecule has 1 unspecified atom stereocenters. The minimum absolute atomic E-state index is 0. The minimum Gasteiger partial charge on any atom is -0.539 e. The number of phenolic OH excluding ortho intramolecular Hbond substituents is 1. The number of nitrogens with two attached hydrogens (primary N) is 1. The van der Waals surface area contributed by atoms with Crippen molar-refractivity contribution in [2.24, 2.45) is 5.73 Å². The summed E-state index contributed by atoms with van der Waals surface area (Å²) in [6.07, 6.45) is 3.07. The molecule has 63 heavy (non-hydrogen) atoms. The van der Waals surface area contributed by atoms with Crippen molar-refractivity contribution >= 4 is 84.7 Å². The van der Waals surface area contributed by atoms with Crippen molar-refractivity contribution in [3.05, 3.63) is 135 Å². The summed E-state index contributed by atoms with van der Waals surface area (Å²) in [4.78, 5) is 20.8. The van der Waals surface area contributed by atoms with Gasteiger partial charge in [-0.15, -0.1) is 18.6 Å². The first-order chi connectivity index (χ1) is 27.8. The number of hydrogen-bond donors (Lipinski definition) is 6. The van der Waals surface area contributed by atoms with Crippen molar-refractivity contribution in [3.63, 3.8) is 0 Å². The Bertz CT molecular complexity index is 1790. The van der Waals surface area contributed by atoms with Gasteiger partial charge in [-0.25, -0.2) is 42.0 Å². The Labute approximate surface area is 410 Å². The molecule has 2 rings (SSSR count). The maximum atomic E-state index is 11.1. The maximum Gasteiger partial charge on any atom is 2.00 e. The minimum atomic E-state index is -3.27. The van der Waals surface area contributed by atoms with Crippen LogP contribution in [0.3, 0.4) is 0 Å². The number of ether oxygens (including phenoxy) is 1. The van der Waals surface area contributed by atoms with Crippen LogP contribution < -0.4 is 10.5 Å². The van der Waals surface area contributed by atoms with Gasteiger partial charge in [-0.2, -0.15) is 0 Å². The van der Waals surface area contributed by atoms with E-state index in [0.29, 0.717) is 18.6 Å². The standard InChI is InChI=1S/C11H12O5S.C7H6O3.2C5H10O2S.C3H6.C2H3O2S.C2H6O.CH5NO.CH4OP.CH3.Mg.W/c1-2-17(14,15)8-7-16-10-5-3-9(4-6-10)11(12)13;8-6-3-1-5(2-4-6)7(9)10;2*1-3-5-8(6,7)4-2;1-3-2;1-2-5(3)4;1-2-3;2-1-3;1-2-3;;;/h2-6H,1,7-8H2,(H,12,13);1-4,8H,(H,9,10);2*4H,2-3,5H2,1H3;3H,1H2,2H3;2H,1H2;3H,2H2,1H3;3H,1-2H2;1,3H2;1H3;;/q;;;;;-1;;;2*-1;+2;. The Hall–Kier alpha value is -2.80. The molecule has 0 aliphatic carbocycles. The number of aromatic carboxylic acids is 2. The van der Waals surface area contributed by atoms with Crippen LogP contribution in [0.1, 0.15) is 61.3 Å². The maximum absolute atomic E-state index is 11.1. The van der Waals surface area contributed by atoms with E-state index in [1.807, 2.05) is 30.2 Å². The van der Waals surface area contributed by atoms with Crippen LogP contribution in [0.4, 0.5) is 0 Å². The second-order valence-corrected chi connectivity index (χ2v) is 17.0. The Kier molecular flexibility index (Phi) is 76.0. The molecule has 0 fully saturated rings. The predicted molar refractivity (Wildman–Crippen MR) is 254 cm³/mol. The number of rotatable bonds is 14. The van der Waals surface area contributed by atoms with Gasteiger partial charge in [0.1, 0.15) is 18.1 Å². The number of aliphatic hydroxyl groups is 2. The van der Waals surface area contributed by atoms with Crippen molar-refractivity contribution in [3.8, 4) is 11.5 Å². The van der Waals surface area contributed by atoms with Crippen LogP contribution in [0.15, 0.2) is 109 Å². The first kappa shape index (κ1) is 83.7. The van der Waals surface area contributed by atoms with Crippen LogP contribution in [-0.4, -0.2) is 123 Å². The van der Waals surface area contributed by atoms with Crippen molar-refractivity contribution in [1.29, 1.82) is 0 Å². The van der Waals surface area contributed by atoms with E-state index in [1.165, 1.54) is 48.5 Å². The van der Waals surface area contributed by atoms with Crippen LogP contribution in [0.5, 0.6) is 11.5 Å². The topological polar surface area (TPSA) is 316 Å². The summed E-state index contributed by atoms with van der Waals surface area (Å²) in [6, 6.07) is 11.1. The molecule has 0 amide bonds. The number of allylic oxidation sites excluding steroid dienone is 1. The van der Waals surface area contributed by atoms with Crippen molar-refractivity contribution in [2.45, 2.75) is 40.5 Å².